The van der Waals surface area contributed by atoms with Gasteiger partial charge in [-0.25, -0.2) is 13.6 Å². The molecule has 0 radical (unpaired) electrons. The third-order valence-corrected chi connectivity index (χ3v) is 3.48. The molecule has 8 heteroatoms. The van der Waals surface area contributed by atoms with E-state index in [2.05, 4.69) is 5.32 Å². The number of nitrogens with one attached hydrogen (secondary N) is 1. The normalized spacial score (nSPS) is 12.4. The molecule has 0 bridgehead atoms. The molecule has 27 heavy (non-hydrogen) atoms. The molecule has 140 valence electrons. The van der Waals surface area contributed by atoms with E-state index in [1.54, 1.807) is 0 Å². The Morgan fingerprint density at radius 3 is 2.33 bits per heavy atom. The van der Waals surface area contributed by atoms with Gasteiger partial charge in [0.1, 0.15) is 17.4 Å². The highest BCUT2D eigenvalue weighted by molar-refractivity contribution is 5.95. The van der Waals surface area contributed by atoms with E-state index in [0.29, 0.717) is 17.4 Å². The van der Waals surface area contributed by atoms with Crippen LogP contribution in [0.15, 0.2) is 42.5 Å². The largest absolute Gasteiger partial charge is 0.479 e. The van der Waals surface area contributed by atoms with Crippen molar-refractivity contribution in [3.05, 3.63) is 59.7 Å². The van der Waals surface area contributed by atoms with Crippen molar-refractivity contribution >= 4 is 17.6 Å². The number of benzene rings is 2. The van der Waals surface area contributed by atoms with Gasteiger partial charge in [-0.2, -0.15) is 5.26 Å². The van der Waals surface area contributed by atoms with Crippen molar-refractivity contribution in [2.45, 2.75) is 26.1 Å². The molecule has 2 rings (SSSR count). The number of rotatable bonds is 6. The maximum Gasteiger partial charge on any atom is 0.347 e. The first-order valence-electron chi connectivity index (χ1n) is 7.93. The first kappa shape index (κ1) is 19.8. The maximum absolute atomic E-state index is 13.6. The molecule has 0 aliphatic heterocycles. The highest BCUT2D eigenvalue weighted by Gasteiger charge is 2.24. The van der Waals surface area contributed by atoms with Gasteiger partial charge >= 0.3 is 5.97 Å². The summed E-state index contributed by atoms with van der Waals surface area (Å²) in [4.78, 5) is 24.1. The van der Waals surface area contributed by atoms with Crippen LogP contribution in [0, 0.1) is 23.0 Å². The summed E-state index contributed by atoms with van der Waals surface area (Å²) in [5, 5.41) is 11.0. The van der Waals surface area contributed by atoms with Crippen LogP contribution >= 0.6 is 0 Å². The van der Waals surface area contributed by atoms with Crippen LogP contribution in [0.5, 0.6) is 5.75 Å². The van der Waals surface area contributed by atoms with Crippen LogP contribution in [0.25, 0.3) is 0 Å². The Labute approximate surface area is 154 Å². The van der Waals surface area contributed by atoms with E-state index >= 15 is 0 Å². The van der Waals surface area contributed by atoms with Gasteiger partial charge in [0.15, 0.2) is 12.2 Å². The first-order valence-corrected chi connectivity index (χ1v) is 7.93. The Bertz CT molecular complexity index is 878. The number of nitrogens with zero attached hydrogens (tertiary/aromatic N) is 1. The average Bonchev–Trinajstić information content (AvgIpc) is 2.64. The lowest BCUT2D eigenvalue weighted by Gasteiger charge is -2.18. The number of ether oxygens (including phenoxy) is 2. The van der Waals surface area contributed by atoms with Gasteiger partial charge < -0.3 is 14.8 Å². The molecule has 0 fully saturated rings. The molecule has 1 N–H and O–H groups in total. The highest BCUT2D eigenvalue weighted by atomic mass is 19.1. The third kappa shape index (κ3) is 5.51. The molecular weight excluding hydrogens is 358 g/mol. The lowest BCUT2D eigenvalue weighted by Crippen LogP contribution is -2.35. The monoisotopic (exact) mass is 374 g/mol. The lowest BCUT2D eigenvalue weighted by molar-refractivity contribution is -0.159. The fourth-order valence-corrected chi connectivity index (χ4v) is 2.01. The Morgan fingerprint density at radius 1 is 1.07 bits per heavy atom. The number of carbonyl (C=O) groups excluding carboxylic acids is 2. The Morgan fingerprint density at radius 2 is 1.74 bits per heavy atom. The molecule has 2 aromatic carbocycles. The highest BCUT2D eigenvalue weighted by Crippen LogP contribution is 2.16. The van der Waals surface area contributed by atoms with Crippen LogP contribution in [0.4, 0.5) is 14.5 Å². The SMILES string of the molecule is C[C@H](Oc1ccc(C#N)cc1)C(=O)O[C@H](C)C(=O)Nc1ccc(F)cc1F. The van der Waals surface area contributed by atoms with Gasteiger partial charge in [0.05, 0.1) is 17.3 Å². The predicted octanol–water partition coefficient (Wildman–Crippen LogP) is 3.17. The van der Waals surface area contributed by atoms with Crippen molar-refractivity contribution in [1.29, 1.82) is 5.26 Å². The standard InChI is InChI=1S/C19H16F2N2O4/c1-11(18(24)23-17-8-5-14(20)9-16(17)21)27-19(25)12(2)26-15-6-3-13(10-22)4-7-15/h3-9,11-12H,1-2H3,(H,23,24)/t11-,12+/m1/s1. The second-order valence-electron chi connectivity index (χ2n) is 5.59. The van der Waals surface area contributed by atoms with Crippen LogP contribution in [0.2, 0.25) is 0 Å². The molecule has 0 saturated heterocycles. The van der Waals surface area contributed by atoms with E-state index < -0.39 is 35.7 Å². The molecular formula is C19H16F2N2O4. The van der Waals surface area contributed by atoms with Crippen molar-refractivity contribution in [3.63, 3.8) is 0 Å². The number of carbonyl (C=O) groups is 2. The van der Waals surface area contributed by atoms with E-state index in [0.717, 1.165) is 12.1 Å². The van der Waals surface area contributed by atoms with E-state index in [4.69, 9.17) is 14.7 Å². The zero-order valence-electron chi connectivity index (χ0n) is 14.5. The Hall–Kier alpha value is -3.47. The second kappa shape index (κ2) is 8.76. The summed E-state index contributed by atoms with van der Waals surface area (Å²) in [6.45, 7) is 2.74. The minimum atomic E-state index is -1.23. The smallest absolute Gasteiger partial charge is 0.347 e. The minimum Gasteiger partial charge on any atom is -0.479 e. The van der Waals surface area contributed by atoms with Crippen LogP contribution < -0.4 is 10.1 Å². The van der Waals surface area contributed by atoms with Gasteiger partial charge in [-0.05, 0) is 50.2 Å². The summed E-state index contributed by atoms with van der Waals surface area (Å²) >= 11 is 0. The van der Waals surface area contributed by atoms with Crippen molar-refractivity contribution in [1.82, 2.24) is 0 Å². The molecule has 0 aromatic heterocycles. The second-order valence-corrected chi connectivity index (χ2v) is 5.59. The van der Waals surface area contributed by atoms with Crippen LogP contribution in [-0.4, -0.2) is 24.1 Å². The number of amides is 1. The van der Waals surface area contributed by atoms with Gasteiger partial charge in [-0.1, -0.05) is 0 Å². The van der Waals surface area contributed by atoms with Gasteiger partial charge in [-0.3, -0.25) is 4.79 Å². The Balaban J connectivity index is 1.91. The molecule has 0 spiro atoms. The zero-order valence-corrected chi connectivity index (χ0v) is 14.5. The zero-order chi connectivity index (χ0) is 20.0. The number of nitriles is 1. The maximum atomic E-state index is 13.6. The number of hydrogen-bond acceptors (Lipinski definition) is 5. The molecule has 0 unspecified atom stereocenters. The van der Waals surface area contributed by atoms with Gasteiger partial charge in [0, 0.05) is 6.07 Å². The average molecular weight is 374 g/mol. The minimum absolute atomic E-state index is 0.230. The van der Waals surface area contributed by atoms with Gasteiger partial charge in [0.25, 0.3) is 5.91 Å². The number of esters is 1. The summed E-state index contributed by atoms with van der Waals surface area (Å²) in [5.74, 6) is -2.96. The van der Waals surface area contributed by atoms with E-state index in [1.165, 1.54) is 38.1 Å². The van der Waals surface area contributed by atoms with E-state index in [1.807, 2.05) is 6.07 Å². The number of halogens is 2. The summed E-state index contributed by atoms with van der Waals surface area (Å²) < 4.78 is 36.8. The van der Waals surface area contributed by atoms with E-state index in [-0.39, 0.29) is 5.69 Å². The van der Waals surface area contributed by atoms with Crippen LogP contribution in [-0.2, 0) is 14.3 Å². The molecule has 2 aromatic rings. The summed E-state index contributed by atoms with van der Waals surface area (Å²) in [7, 11) is 0. The molecule has 0 aliphatic carbocycles. The fraction of sp³-hybridized carbons (Fsp3) is 0.211. The van der Waals surface area contributed by atoms with Crippen molar-refractivity contribution in [2.75, 3.05) is 5.32 Å². The third-order valence-electron chi connectivity index (χ3n) is 3.48. The van der Waals surface area contributed by atoms with Gasteiger partial charge in [0.2, 0.25) is 0 Å². The summed E-state index contributed by atoms with van der Waals surface area (Å²) in [5.41, 5.74) is 0.210. The number of hydrogen-bond donors (Lipinski definition) is 1. The molecule has 6 nitrogen and oxygen atoms in total. The summed E-state index contributed by atoms with van der Waals surface area (Å²) in [6.07, 6.45) is -2.25. The first-order chi connectivity index (χ1) is 12.8. The van der Waals surface area contributed by atoms with Crippen LogP contribution in [0.1, 0.15) is 19.4 Å². The quantitative estimate of drug-likeness (QED) is 0.785. The molecule has 1 amide bonds. The van der Waals surface area contributed by atoms with E-state index in [9.17, 15) is 18.4 Å². The summed E-state index contributed by atoms with van der Waals surface area (Å²) in [6, 6.07) is 10.7. The molecule has 2 atom stereocenters. The van der Waals surface area contributed by atoms with Crippen molar-refractivity contribution in [2.24, 2.45) is 0 Å². The van der Waals surface area contributed by atoms with Crippen LogP contribution in [0.3, 0.4) is 0 Å². The molecule has 0 saturated carbocycles. The Kier molecular flexibility index (Phi) is 6.44. The number of anilines is 1. The topological polar surface area (TPSA) is 88.4 Å². The van der Waals surface area contributed by atoms with Gasteiger partial charge in [-0.15, -0.1) is 0 Å². The predicted molar refractivity (Wildman–Crippen MR) is 91.8 cm³/mol. The molecule has 0 heterocycles. The van der Waals surface area contributed by atoms with Crippen molar-refractivity contribution < 1.29 is 27.8 Å². The molecule has 0 aliphatic rings. The fourth-order valence-electron chi connectivity index (χ4n) is 2.01. The van der Waals surface area contributed by atoms with Crippen molar-refractivity contribution in [3.8, 4) is 11.8 Å². The lowest BCUT2D eigenvalue weighted by atomic mass is 10.2.